The molecule has 18 heavy (non-hydrogen) atoms. The quantitative estimate of drug-likeness (QED) is 0.785. The van der Waals surface area contributed by atoms with E-state index in [1.807, 2.05) is 12.1 Å². The van der Waals surface area contributed by atoms with E-state index in [-0.39, 0.29) is 5.91 Å². The van der Waals surface area contributed by atoms with Gasteiger partial charge in [0.25, 0.3) is 0 Å². The van der Waals surface area contributed by atoms with Crippen LogP contribution in [0.4, 0.5) is 5.82 Å². The SMILES string of the molecule is CCCCCCNN1C(=O)CCc2cccnc21. The second-order valence-corrected chi connectivity index (χ2v) is 4.68. The van der Waals surface area contributed by atoms with Gasteiger partial charge in [-0.15, -0.1) is 0 Å². The predicted octanol–water partition coefficient (Wildman–Crippen LogP) is 2.45. The summed E-state index contributed by atoms with van der Waals surface area (Å²) in [5, 5.41) is 1.63. The molecular formula is C14H21N3O. The maximum atomic E-state index is 11.9. The molecule has 0 unspecified atom stereocenters. The van der Waals surface area contributed by atoms with E-state index in [1.165, 1.54) is 19.3 Å². The van der Waals surface area contributed by atoms with Crippen LogP contribution in [-0.4, -0.2) is 17.4 Å². The van der Waals surface area contributed by atoms with E-state index in [9.17, 15) is 4.79 Å². The van der Waals surface area contributed by atoms with Gasteiger partial charge in [-0.2, -0.15) is 0 Å². The van der Waals surface area contributed by atoms with Crippen molar-refractivity contribution in [3.05, 3.63) is 23.9 Å². The van der Waals surface area contributed by atoms with Crippen LogP contribution in [0.3, 0.4) is 0 Å². The molecule has 2 heterocycles. The van der Waals surface area contributed by atoms with Gasteiger partial charge in [0.05, 0.1) is 0 Å². The Kier molecular flexibility index (Phi) is 4.70. The van der Waals surface area contributed by atoms with Crippen LogP contribution in [0.1, 0.15) is 44.6 Å². The number of nitrogens with zero attached hydrogens (tertiary/aromatic N) is 2. The highest BCUT2D eigenvalue weighted by Crippen LogP contribution is 2.23. The Labute approximate surface area is 108 Å². The van der Waals surface area contributed by atoms with Gasteiger partial charge in [0.1, 0.15) is 0 Å². The van der Waals surface area contributed by atoms with E-state index in [2.05, 4.69) is 17.3 Å². The number of amides is 1. The fraction of sp³-hybridized carbons (Fsp3) is 0.571. The molecular weight excluding hydrogens is 226 g/mol. The van der Waals surface area contributed by atoms with Crippen molar-refractivity contribution >= 4 is 11.7 Å². The van der Waals surface area contributed by atoms with Crippen molar-refractivity contribution < 1.29 is 4.79 Å². The first-order valence-electron chi connectivity index (χ1n) is 6.83. The molecule has 1 aliphatic heterocycles. The maximum Gasteiger partial charge on any atom is 0.243 e. The minimum atomic E-state index is 0.122. The first-order valence-corrected chi connectivity index (χ1v) is 6.83. The molecule has 1 N–H and O–H groups in total. The van der Waals surface area contributed by atoms with Crippen molar-refractivity contribution in [2.24, 2.45) is 0 Å². The van der Waals surface area contributed by atoms with Crippen LogP contribution in [0.2, 0.25) is 0 Å². The topological polar surface area (TPSA) is 45.2 Å². The van der Waals surface area contributed by atoms with E-state index < -0.39 is 0 Å². The number of carbonyl (C=O) groups is 1. The number of pyridine rings is 1. The molecule has 0 aliphatic carbocycles. The maximum absolute atomic E-state index is 11.9. The van der Waals surface area contributed by atoms with Crippen molar-refractivity contribution in [1.29, 1.82) is 0 Å². The Morgan fingerprint density at radius 3 is 3.06 bits per heavy atom. The lowest BCUT2D eigenvalue weighted by molar-refractivity contribution is -0.119. The van der Waals surface area contributed by atoms with Gasteiger partial charge in [-0.05, 0) is 24.5 Å². The van der Waals surface area contributed by atoms with Crippen molar-refractivity contribution in [2.75, 3.05) is 11.6 Å². The molecule has 0 saturated heterocycles. The third kappa shape index (κ3) is 3.07. The normalized spacial score (nSPS) is 14.7. The van der Waals surface area contributed by atoms with Crippen LogP contribution in [0.25, 0.3) is 0 Å². The first kappa shape index (κ1) is 13.0. The molecule has 1 amide bonds. The standard InChI is InChI=1S/C14H21N3O/c1-2-3-4-5-11-16-17-13(18)9-8-12-7-6-10-15-14(12)17/h6-7,10,16H,2-5,8-9,11H2,1H3. The highest BCUT2D eigenvalue weighted by Gasteiger charge is 2.24. The van der Waals surface area contributed by atoms with Gasteiger partial charge in [-0.25, -0.2) is 15.4 Å². The summed E-state index contributed by atoms with van der Waals surface area (Å²) in [6, 6.07) is 3.97. The van der Waals surface area contributed by atoms with Gasteiger partial charge in [-0.1, -0.05) is 32.3 Å². The second-order valence-electron chi connectivity index (χ2n) is 4.68. The Morgan fingerprint density at radius 1 is 1.33 bits per heavy atom. The molecule has 0 aromatic carbocycles. The highest BCUT2D eigenvalue weighted by molar-refractivity contribution is 5.94. The van der Waals surface area contributed by atoms with E-state index in [0.717, 1.165) is 30.8 Å². The summed E-state index contributed by atoms with van der Waals surface area (Å²) in [5.41, 5.74) is 4.36. The second kappa shape index (κ2) is 6.50. The number of hydrogen-bond donors (Lipinski definition) is 1. The number of fused-ring (bicyclic) bond motifs is 1. The molecule has 0 saturated carbocycles. The van der Waals surface area contributed by atoms with Crippen LogP contribution in [0.5, 0.6) is 0 Å². The van der Waals surface area contributed by atoms with Crippen LogP contribution in [0, 0.1) is 0 Å². The number of anilines is 1. The number of hydrogen-bond acceptors (Lipinski definition) is 3. The lowest BCUT2D eigenvalue weighted by Crippen LogP contribution is -2.46. The van der Waals surface area contributed by atoms with Crippen molar-refractivity contribution in [3.8, 4) is 0 Å². The van der Waals surface area contributed by atoms with E-state index in [1.54, 1.807) is 11.2 Å². The van der Waals surface area contributed by atoms with Gasteiger partial charge in [0.15, 0.2) is 5.82 Å². The van der Waals surface area contributed by atoms with Gasteiger partial charge < -0.3 is 0 Å². The lowest BCUT2D eigenvalue weighted by atomic mass is 10.1. The number of aromatic nitrogens is 1. The molecule has 4 heteroatoms. The molecule has 0 bridgehead atoms. The fourth-order valence-electron chi connectivity index (χ4n) is 2.20. The van der Waals surface area contributed by atoms with Gasteiger partial charge in [0.2, 0.25) is 5.91 Å². The third-order valence-electron chi connectivity index (χ3n) is 3.24. The summed E-state index contributed by atoms with van der Waals surface area (Å²) in [6.07, 6.45) is 7.90. The zero-order valence-electron chi connectivity index (χ0n) is 11.0. The van der Waals surface area contributed by atoms with Crippen molar-refractivity contribution in [1.82, 2.24) is 10.4 Å². The molecule has 2 rings (SSSR count). The van der Waals surface area contributed by atoms with Crippen LogP contribution >= 0.6 is 0 Å². The first-order chi connectivity index (χ1) is 8.83. The Bertz CT molecular complexity index is 406. The van der Waals surface area contributed by atoms with E-state index in [0.29, 0.717) is 6.42 Å². The summed E-state index contributed by atoms with van der Waals surface area (Å²) in [5.74, 6) is 0.904. The molecule has 0 fully saturated rings. The van der Waals surface area contributed by atoms with E-state index in [4.69, 9.17) is 0 Å². The predicted molar refractivity (Wildman–Crippen MR) is 72.2 cm³/mol. The Hall–Kier alpha value is -1.42. The average molecular weight is 247 g/mol. The Morgan fingerprint density at radius 2 is 2.22 bits per heavy atom. The molecule has 98 valence electrons. The molecule has 0 spiro atoms. The number of rotatable bonds is 6. The third-order valence-corrected chi connectivity index (χ3v) is 3.24. The average Bonchev–Trinajstić information content (AvgIpc) is 2.41. The minimum Gasteiger partial charge on any atom is -0.273 e. The zero-order chi connectivity index (χ0) is 12.8. The van der Waals surface area contributed by atoms with E-state index >= 15 is 0 Å². The van der Waals surface area contributed by atoms with Crippen molar-refractivity contribution in [2.45, 2.75) is 45.4 Å². The monoisotopic (exact) mass is 247 g/mol. The zero-order valence-corrected chi connectivity index (χ0v) is 11.0. The van der Waals surface area contributed by atoms with Gasteiger partial charge >= 0.3 is 0 Å². The summed E-state index contributed by atoms with van der Waals surface area (Å²) in [4.78, 5) is 16.2. The largest absolute Gasteiger partial charge is 0.273 e. The van der Waals surface area contributed by atoms with Crippen molar-refractivity contribution in [3.63, 3.8) is 0 Å². The highest BCUT2D eigenvalue weighted by atomic mass is 16.2. The number of nitrogens with one attached hydrogen (secondary N) is 1. The van der Waals surface area contributed by atoms with Crippen LogP contribution in [0.15, 0.2) is 18.3 Å². The van der Waals surface area contributed by atoms with Gasteiger partial charge in [-0.3, -0.25) is 4.79 Å². The molecule has 4 nitrogen and oxygen atoms in total. The number of unbranched alkanes of at least 4 members (excludes halogenated alkanes) is 3. The molecule has 0 atom stereocenters. The van der Waals surface area contributed by atoms with Crippen LogP contribution in [-0.2, 0) is 11.2 Å². The summed E-state index contributed by atoms with van der Waals surface area (Å²) in [6.45, 7) is 3.03. The number of hydrazine groups is 1. The van der Waals surface area contributed by atoms with Gasteiger partial charge in [0, 0.05) is 19.2 Å². The molecule has 0 radical (unpaired) electrons. The minimum absolute atomic E-state index is 0.122. The Balaban J connectivity index is 1.93. The fourth-order valence-corrected chi connectivity index (χ4v) is 2.20. The summed E-state index contributed by atoms with van der Waals surface area (Å²) in [7, 11) is 0. The number of carbonyl (C=O) groups excluding carboxylic acids is 1. The number of aryl methyl sites for hydroxylation is 1. The molecule has 1 aromatic rings. The van der Waals surface area contributed by atoms with Crippen LogP contribution < -0.4 is 10.4 Å². The summed E-state index contributed by atoms with van der Waals surface area (Å²) >= 11 is 0. The smallest absolute Gasteiger partial charge is 0.243 e. The summed E-state index contributed by atoms with van der Waals surface area (Å²) < 4.78 is 0. The molecule has 1 aromatic heterocycles. The lowest BCUT2D eigenvalue weighted by Gasteiger charge is -2.28. The molecule has 1 aliphatic rings.